The maximum absolute atomic E-state index is 10.8. The number of hydrogen-bond acceptors (Lipinski definition) is 3. The fourth-order valence-corrected chi connectivity index (χ4v) is 4.53. The fraction of sp³-hybridized carbons (Fsp3) is 0.500. The summed E-state index contributed by atoms with van der Waals surface area (Å²) in [5, 5.41) is 8.84. The first-order valence-corrected chi connectivity index (χ1v) is 5.87. The molecule has 0 spiro atoms. The molecular weight excluding hydrogens is 310 g/mol. The van der Waals surface area contributed by atoms with E-state index in [-0.39, 0.29) is 4.28 Å². The SMILES string of the molecule is CCN1C(C(=O)O)=C(Br)SC1Br. The van der Waals surface area contributed by atoms with Gasteiger partial charge in [-0.1, -0.05) is 27.7 Å². The zero-order valence-electron chi connectivity index (χ0n) is 6.25. The van der Waals surface area contributed by atoms with Crippen LogP contribution in [0.15, 0.2) is 9.51 Å². The van der Waals surface area contributed by atoms with Crippen LogP contribution in [0.2, 0.25) is 0 Å². The van der Waals surface area contributed by atoms with E-state index in [1.165, 1.54) is 11.8 Å². The summed E-state index contributed by atoms with van der Waals surface area (Å²) < 4.78 is 0.710. The number of alkyl halides is 1. The Hall–Kier alpha value is 0.320. The summed E-state index contributed by atoms with van der Waals surface area (Å²) >= 11 is 8.03. The molecule has 3 nitrogen and oxygen atoms in total. The van der Waals surface area contributed by atoms with E-state index in [0.29, 0.717) is 16.1 Å². The van der Waals surface area contributed by atoms with Gasteiger partial charge in [-0.15, -0.1) is 0 Å². The first-order valence-electron chi connectivity index (χ1n) is 3.28. The van der Waals surface area contributed by atoms with Crippen molar-refractivity contribution >= 4 is 49.6 Å². The molecule has 1 aliphatic heterocycles. The average Bonchev–Trinajstić information content (AvgIpc) is 2.24. The van der Waals surface area contributed by atoms with Crippen LogP contribution in [0.1, 0.15) is 6.92 Å². The number of carboxylic acids is 1. The van der Waals surface area contributed by atoms with Gasteiger partial charge in [-0.2, -0.15) is 0 Å². The highest BCUT2D eigenvalue weighted by Gasteiger charge is 2.32. The number of carbonyl (C=O) groups is 1. The van der Waals surface area contributed by atoms with Crippen molar-refractivity contribution in [3.8, 4) is 0 Å². The van der Waals surface area contributed by atoms with Crippen molar-refractivity contribution in [2.24, 2.45) is 0 Å². The second kappa shape index (κ2) is 4.02. The van der Waals surface area contributed by atoms with Crippen molar-refractivity contribution in [1.29, 1.82) is 0 Å². The van der Waals surface area contributed by atoms with E-state index in [4.69, 9.17) is 5.11 Å². The van der Waals surface area contributed by atoms with Crippen LogP contribution in [-0.4, -0.2) is 26.8 Å². The lowest BCUT2D eigenvalue weighted by atomic mass is 10.4. The molecule has 0 saturated heterocycles. The molecule has 12 heavy (non-hydrogen) atoms. The highest BCUT2D eigenvalue weighted by Crippen LogP contribution is 2.43. The number of likely N-dealkylation sites (N-methyl/N-ethyl adjacent to an activating group) is 1. The lowest BCUT2D eigenvalue weighted by molar-refractivity contribution is -0.134. The van der Waals surface area contributed by atoms with Crippen LogP contribution in [-0.2, 0) is 4.79 Å². The number of rotatable bonds is 2. The van der Waals surface area contributed by atoms with Crippen molar-refractivity contribution in [1.82, 2.24) is 4.90 Å². The highest BCUT2D eigenvalue weighted by molar-refractivity contribution is 9.15. The number of hydrogen-bond donors (Lipinski definition) is 1. The van der Waals surface area contributed by atoms with Crippen LogP contribution >= 0.6 is 43.6 Å². The summed E-state index contributed by atoms with van der Waals surface area (Å²) in [5.41, 5.74) is 0.337. The van der Waals surface area contributed by atoms with Crippen LogP contribution in [0.4, 0.5) is 0 Å². The molecule has 0 bridgehead atoms. The molecule has 1 N–H and O–H groups in total. The van der Waals surface area contributed by atoms with Gasteiger partial charge in [-0.3, -0.25) is 0 Å². The van der Waals surface area contributed by atoms with Gasteiger partial charge >= 0.3 is 5.97 Å². The summed E-state index contributed by atoms with van der Waals surface area (Å²) in [7, 11) is 0. The number of aliphatic carboxylic acids is 1. The Bertz CT molecular complexity index is 244. The molecular formula is C6H7Br2NO2S. The number of carboxylic acid groups (broad SMARTS) is 1. The predicted octanol–water partition coefficient (Wildman–Crippen LogP) is 2.38. The van der Waals surface area contributed by atoms with Crippen LogP contribution in [0.25, 0.3) is 0 Å². The van der Waals surface area contributed by atoms with Gasteiger partial charge in [0.25, 0.3) is 0 Å². The number of nitrogens with zero attached hydrogens (tertiary/aromatic N) is 1. The molecule has 1 aliphatic rings. The average molecular weight is 317 g/mol. The third-order valence-corrected chi connectivity index (χ3v) is 4.30. The zero-order chi connectivity index (χ0) is 9.30. The Balaban J connectivity index is 2.92. The smallest absolute Gasteiger partial charge is 0.353 e. The van der Waals surface area contributed by atoms with Gasteiger partial charge in [0.2, 0.25) is 0 Å². The Morgan fingerprint density at radius 1 is 1.83 bits per heavy atom. The summed E-state index contributed by atoms with van der Waals surface area (Å²) in [5.74, 6) is -0.891. The summed E-state index contributed by atoms with van der Waals surface area (Å²) in [6, 6.07) is 0. The Kier molecular flexibility index (Phi) is 3.48. The Morgan fingerprint density at radius 2 is 2.42 bits per heavy atom. The van der Waals surface area contributed by atoms with E-state index in [1.807, 2.05) is 6.92 Å². The van der Waals surface area contributed by atoms with Gasteiger partial charge in [-0.25, -0.2) is 4.79 Å². The quantitative estimate of drug-likeness (QED) is 0.627. The van der Waals surface area contributed by atoms with Crippen LogP contribution < -0.4 is 0 Å². The molecule has 68 valence electrons. The van der Waals surface area contributed by atoms with Crippen molar-refractivity contribution in [2.75, 3.05) is 6.54 Å². The van der Waals surface area contributed by atoms with Crippen molar-refractivity contribution in [3.05, 3.63) is 9.51 Å². The van der Waals surface area contributed by atoms with Crippen molar-refractivity contribution in [2.45, 2.75) is 11.2 Å². The summed E-state index contributed by atoms with van der Waals surface area (Å²) in [6.45, 7) is 2.60. The van der Waals surface area contributed by atoms with Crippen molar-refractivity contribution < 1.29 is 9.90 Å². The van der Waals surface area contributed by atoms with E-state index in [9.17, 15) is 4.79 Å². The third kappa shape index (κ3) is 1.80. The standard InChI is InChI=1S/C6H7Br2NO2S/c1-2-9-3(5(10)11)4(7)12-6(9)8/h6H,2H2,1H3,(H,10,11). The maximum atomic E-state index is 10.8. The second-order valence-corrected chi connectivity index (χ2v) is 6.01. The Labute approximate surface area is 91.4 Å². The van der Waals surface area contributed by atoms with Crippen molar-refractivity contribution in [3.63, 3.8) is 0 Å². The second-order valence-electron chi connectivity index (χ2n) is 2.12. The van der Waals surface area contributed by atoms with E-state index in [1.54, 1.807) is 4.90 Å². The predicted molar refractivity (Wildman–Crippen MR) is 56.3 cm³/mol. The molecule has 1 rings (SSSR count). The topological polar surface area (TPSA) is 40.5 Å². The molecule has 6 heteroatoms. The third-order valence-electron chi connectivity index (χ3n) is 1.46. The lowest BCUT2D eigenvalue weighted by Gasteiger charge is -2.20. The molecule has 0 aromatic heterocycles. The fourth-order valence-electron chi connectivity index (χ4n) is 0.928. The lowest BCUT2D eigenvalue weighted by Crippen LogP contribution is -2.27. The van der Waals surface area contributed by atoms with Crippen LogP contribution in [0, 0.1) is 0 Å². The number of thioether (sulfide) groups is 1. The van der Waals surface area contributed by atoms with E-state index >= 15 is 0 Å². The molecule has 0 fully saturated rings. The van der Waals surface area contributed by atoms with E-state index in [0.717, 1.165) is 0 Å². The highest BCUT2D eigenvalue weighted by atomic mass is 79.9. The minimum Gasteiger partial charge on any atom is -0.477 e. The summed E-state index contributed by atoms with van der Waals surface area (Å²) in [6.07, 6.45) is 0. The zero-order valence-corrected chi connectivity index (χ0v) is 10.2. The monoisotopic (exact) mass is 315 g/mol. The van der Waals surface area contributed by atoms with Gasteiger partial charge in [0.1, 0.15) is 9.98 Å². The molecule has 0 amide bonds. The maximum Gasteiger partial charge on any atom is 0.353 e. The molecule has 0 saturated carbocycles. The molecule has 1 unspecified atom stereocenters. The van der Waals surface area contributed by atoms with Gasteiger partial charge in [0.15, 0.2) is 0 Å². The Morgan fingerprint density at radius 3 is 2.75 bits per heavy atom. The first-order chi connectivity index (χ1) is 5.57. The molecule has 0 radical (unpaired) electrons. The van der Waals surface area contributed by atoms with E-state index < -0.39 is 5.97 Å². The van der Waals surface area contributed by atoms with Gasteiger partial charge in [0, 0.05) is 6.54 Å². The first kappa shape index (κ1) is 10.4. The van der Waals surface area contributed by atoms with Gasteiger partial charge in [-0.05, 0) is 22.9 Å². The van der Waals surface area contributed by atoms with Gasteiger partial charge < -0.3 is 10.0 Å². The summed E-state index contributed by atoms with van der Waals surface area (Å²) in [4.78, 5) is 12.5. The molecule has 1 heterocycles. The normalized spacial score (nSPS) is 23.6. The molecule has 0 aromatic carbocycles. The molecule has 1 atom stereocenters. The van der Waals surface area contributed by atoms with Crippen LogP contribution in [0.3, 0.4) is 0 Å². The minimum atomic E-state index is -0.891. The minimum absolute atomic E-state index is 0.0305. The van der Waals surface area contributed by atoms with Crippen LogP contribution in [0.5, 0.6) is 0 Å². The molecule has 0 aliphatic carbocycles. The largest absolute Gasteiger partial charge is 0.477 e. The van der Waals surface area contributed by atoms with Gasteiger partial charge in [0.05, 0.1) is 3.81 Å². The molecule has 0 aromatic rings. The number of halogens is 2. The van der Waals surface area contributed by atoms with E-state index in [2.05, 4.69) is 31.9 Å².